The Balaban J connectivity index is 1.38. The number of hydrogen-bond acceptors (Lipinski definition) is 6. The Hall–Kier alpha value is -4.61. The molecule has 1 saturated carbocycles. The van der Waals surface area contributed by atoms with Gasteiger partial charge in [-0.15, -0.1) is 13.2 Å². The predicted octanol–water partition coefficient (Wildman–Crippen LogP) is 5.90. The number of ether oxygens (including phenoxy) is 1. The van der Waals surface area contributed by atoms with E-state index >= 15 is 0 Å². The van der Waals surface area contributed by atoms with Crippen molar-refractivity contribution in [2.45, 2.75) is 38.1 Å². The fourth-order valence-electron chi connectivity index (χ4n) is 4.70. The van der Waals surface area contributed by atoms with Crippen LogP contribution in [-0.2, 0) is 0 Å². The van der Waals surface area contributed by atoms with Crippen LogP contribution < -0.4 is 21.1 Å². The molecule has 2 aromatic heterocycles. The third kappa shape index (κ3) is 5.24. The average molecular weight is 525 g/mol. The predicted molar refractivity (Wildman–Crippen MR) is 135 cm³/mol. The van der Waals surface area contributed by atoms with Crippen LogP contribution in [-0.4, -0.2) is 32.7 Å². The molecule has 0 spiro atoms. The zero-order chi connectivity index (χ0) is 26.9. The SMILES string of the molecule is Nc1ncnc2c1c(C(=O)c1cccc(NC(=O)Nc3ccccc3OC(F)(F)F)c1)cn2C1CCCC1. The zero-order valence-corrected chi connectivity index (χ0v) is 20.0. The summed E-state index contributed by atoms with van der Waals surface area (Å²) in [5.41, 5.74) is 7.45. The molecule has 4 aromatic rings. The second kappa shape index (κ2) is 10.0. The van der Waals surface area contributed by atoms with Gasteiger partial charge in [0.1, 0.15) is 17.8 Å². The standard InChI is InChI=1S/C26H23F3N6O3/c27-26(28,29)38-20-11-4-3-10-19(20)34-25(37)33-16-7-5-6-15(12-16)22(36)18-13-35(17-8-1-2-9-17)24-21(18)23(30)31-14-32-24/h3-7,10-14,17H,1-2,8-9H2,(H2,30,31,32)(H2,33,34,37). The number of aromatic nitrogens is 3. The van der Waals surface area contributed by atoms with E-state index in [4.69, 9.17) is 5.73 Å². The molecular formula is C26H23F3N6O3. The van der Waals surface area contributed by atoms with E-state index in [0.29, 0.717) is 16.6 Å². The summed E-state index contributed by atoms with van der Waals surface area (Å²) in [4.78, 5) is 34.6. The monoisotopic (exact) mass is 524 g/mol. The quantitative estimate of drug-likeness (QED) is 0.270. The van der Waals surface area contributed by atoms with E-state index in [0.717, 1.165) is 31.7 Å². The Morgan fingerprint density at radius 3 is 2.55 bits per heavy atom. The van der Waals surface area contributed by atoms with Crippen molar-refractivity contribution in [3.8, 4) is 5.75 Å². The molecule has 0 radical (unpaired) electrons. The summed E-state index contributed by atoms with van der Waals surface area (Å²) in [6.07, 6.45) is 2.36. The minimum absolute atomic E-state index is 0.176. The Kier molecular flexibility index (Phi) is 6.62. The number of halogens is 3. The number of carbonyl (C=O) groups excluding carboxylic acids is 2. The molecule has 0 unspecified atom stereocenters. The van der Waals surface area contributed by atoms with E-state index in [2.05, 4.69) is 25.3 Å². The Labute approximate surface area is 214 Å². The Morgan fingerprint density at radius 2 is 1.79 bits per heavy atom. The van der Waals surface area contributed by atoms with E-state index in [9.17, 15) is 22.8 Å². The van der Waals surface area contributed by atoms with Crippen LogP contribution in [0.1, 0.15) is 47.6 Å². The summed E-state index contributed by atoms with van der Waals surface area (Å²) >= 11 is 0. The van der Waals surface area contributed by atoms with Gasteiger partial charge in [0, 0.05) is 23.5 Å². The minimum atomic E-state index is -4.92. The van der Waals surface area contributed by atoms with Gasteiger partial charge in [0.15, 0.2) is 11.5 Å². The fourth-order valence-corrected chi connectivity index (χ4v) is 4.70. The van der Waals surface area contributed by atoms with Gasteiger partial charge < -0.3 is 25.7 Å². The molecule has 1 aliphatic carbocycles. The Morgan fingerprint density at radius 1 is 1.03 bits per heavy atom. The number of nitrogen functional groups attached to an aromatic ring is 1. The third-order valence-electron chi connectivity index (χ3n) is 6.34. The van der Waals surface area contributed by atoms with Crippen molar-refractivity contribution in [3.05, 3.63) is 72.2 Å². The molecule has 4 N–H and O–H groups in total. The van der Waals surface area contributed by atoms with Crippen LogP contribution in [0.2, 0.25) is 0 Å². The van der Waals surface area contributed by atoms with Crippen molar-refractivity contribution in [1.29, 1.82) is 0 Å². The van der Waals surface area contributed by atoms with Gasteiger partial charge in [-0.25, -0.2) is 14.8 Å². The van der Waals surface area contributed by atoms with Crippen LogP contribution in [0.4, 0.5) is 35.2 Å². The van der Waals surface area contributed by atoms with Crippen molar-refractivity contribution in [2.75, 3.05) is 16.4 Å². The van der Waals surface area contributed by atoms with Gasteiger partial charge >= 0.3 is 12.4 Å². The molecule has 0 bridgehead atoms. The molecule has 0 atom stereocenters. The highest BCUT2D eigenvalue weighted by atomic mass is 19.4. The smallest absolute Gasteiger partial charge is 0.404 e. The van der Waals surface area contributed by atoms with Crippen molar-refractivity contribution in [2.24, 2.45) is 0 Å². The molecule has 5 rings (SSSR count). The topological polar surface area (TPSA) is 124 Å². The van der Waals surface area contributed by atoms with Gasteiger partial charge in [-0.1, -0.05) is 37.1 Å². The van der Waals surface area contributed by atoms with Gasteiger partial charge in [0.2, 0.25) is 0 Å². The summed E-state index contributed by atoms with van der Waals surface area (Å²) in [6.45, 7) is 0. The van der Waals surface area contributed by atoms with Crippen molar-refractivity contribution < 1.29 is 27.5 Å². The van der Waals surface area contributed by atoms with Crippen molar-refractivity contribution in [3.63, 3.8) is 0 Å². The maximum Gasteiger partial charge on any atom is 0.573 e. The largest absolute Gasteiger partial charge is 0.573 e. The number of carbonyl (C=O) groups is 2. The molecular weight excluding hydrogens is 501 g/mol. The highest BCUT2D eigenvalue weighted by Crippen LogP contribution is 2.36. The lowest BCUT2D eigenvalue weighted by molar-refractivity contribution is -0.274. The molecule has 38 heavy (non-hydrogen) atoms. The Bertz CT molecular complexity index is 1510. The number of hydrogen-bond donors (Lipinski definition) is 3. The molecule has 1 fully saturated rings. The summed E-state index contributed by atoms with van der Waals surface area (Å²) in [7, 11) is 0. The van der Waals surface area contributed by atoms with Crippen LogP contribution in [0.5, 0.6) is 5.75 Å². The number of fused-ring (bicyclic) bond motifs is 1. The normalized spacial score (nSPS) is 14.0. The highest BCUT2D eigenvalue weighted by molar-refractivity contribution is 6.18. The minimum Gasteiger partial charge on any atom is -0.404 e. The number of amides is 2. The number of nitrogens with zero attached hydrogens (tertiary/aromatic N) is 3. The summed E-state index contributed by atoms with van der Waals surface area (Å²) in [5.74, 6) is -0.692. The first-order valence-electron chi connectivity index (χ1n) is 11.9. The number of urea groups is 1. The first-order chi connectivity index (χ1) is 18.2. The number of nitrogens with one attached hydrogen (secondary N) is 2. The summed E-state index contributed by atoms with van der Waals surface area (Å²) in [5, 5.41) is 5.34. The molecule has 1 aliphatic rings. The van der Waals surface area contributed by atoms with E-state index in [-0.39, 0.29) is 34.6 Å². The van der Waals surface area contributed by atoms with Crippen LogP contribution in [0.3, 0.4) is 0 Å². The summed E-state index contributed by atoms with van der Waals surface area (Å²) in [6, 6.07) is 10.8. The lowest BCUT2D eigenvalue weighted by atomic mass is 10.0. The average Bonchev–Trinajstić information content (AvgIpc) is 3.53. The second-order valence-corrected chi connectivity index (χ2v) is 8.88. The molecule has 2 heterocycles. The highest BCUT2D eigenvalue weighted by Gasteiger charge is 2.32. The molecule has 0 saturated heterocycles. The van der Waals surface area contributed by atoms with Gasteiger partial charge in [-0.05, 0) is 37.1 Å². The van der Waals surface area contributed by atoms with Crippen molar-refractivity contribution >= 4 is 40.0 Å². The zero-order valence-electron chi connectivity index (χ0n) is 20.0. The van der Waals surface area contributed by atoms with Crippen molar-refractivity contribution in [1.82, 2.24) is 14.5 Å². The van der Waals surface area contributed by atoms with E-state index in [1.54, 1.807) is 24.4 Å². The molecule has 196 valence electrons. The maximum atomic E-state index is 13.6. The summed E-state index contributed by atoms with van der Waals surface area (Å²) < 4.78 is 44.0. The number of ketones is 1. The third-order valence-corrected chi connectivity index (χ3v) is 6.34. The number of nitrogens with two attached hydrogens (primary N) is 1. The fraction of sp³-hybridized carbons (Fsp3) is 0.231. The van der Waals surface area contributed by atoms with E-state index in [1.165, 1.54) is 30.6 Å². The lowest BCUT2D eigenvalue weighted by Gasteiger charge is -2.14. The van der Waals surface area contributed by atoms with Crippen LogP contribution in [0, 0.1) is 0 Å². The molecule has 12 heteroatoms. The number of benzene rings is 2. The van der Waals surface area contributed by atoms with Crippen LogP contribution >= 0.6 is 0 Å². The number of anilines is 3. The van der Waals surface area contributed by atoms with Gasteiger partial charge in [-0.3, -0.25) is 4.79 Å². The first-order valence-corrected chi connectivity index (χ1v) is 11.9. The molecule has 0 aliphatic heterocycles. The molecule has 2 aromatic carbocycles. The molecule has 9 nitrogen and oxygen atoms in total. The number of rotatable bonds is 6. The first kappa shape index (κ1) is 25.1. The second-order valence-electron chi connectivity index (χ2n) is 8.88. The van der Waals surface area contributed by atoms with Gasteiger partial charge in [0.05, 0.1) is 16.6 Å². The van der Waals surface area contributed by atoms with E-state index < -0.39 is 18.1 Å². The molecule has 2 amide bonds. The maximum absolute atomic E-state index is 13.6. The number of alkyl halides is 3. The van der Waals surface area contributed by atoms with Crippen LogP contribution in [0.15, 0.2) is 61.1 Å². The van der Waals surface area contributed by atoms with Gasteiger partial charge in [0.25, 0.3) is 0 Å². The lowest BCUT2D eigenvalue weighted by Crippen LogP contribution is -2.22. The number of para-hydroxylation sites is 2. The van der Waals surface area contributed by atoms with Crippen LogP contribution in [0.25, 0.3) is 11.0 Å². The van der Waals surface area contributed by atoms with E-state index in [1.807, 2.05) is 4.57 Å². The van der Waals surface area contributed by atoms with Gasteiger partial charge in [-0.2, -0.15) is 0 Å².